The van der Waals surface area contributed by atoms with Gasteiger partial charge >= 0.3 is 0 Å². The first kappa shape index (κ1) is 11.2. The number of rotatable bonds is 4. The number of nitrogens with one attached hydrogen (secondary N) is 1. The van der Waals surface area contributed by atoms with Crippen LogP contribution >= 0.6 is 0 Å². The Bertz CT molecular complexity index is 291. The SMILES string of the molecule is CNC(C)(C)c1nc(CC(C)C)no1. The molecule has 0 amide bonds. The van der Waals surface area contributed by atoms with Crippen LogP contribution in [0.3, 0.4) is 0 Å². The summed E-state index contributed by atoms with van der Waals surface area (Å²) in [7, 11) is 1.88. The van der Waals surface area contributed by atoms with Gasteiger partial charge in [0.25, 0.3) is 0 Å². The molecule has 4 heteroatoms. The maximum Gasteiger partial charge on any atom is 0.246 e. The van der Waals surface area contributed by atoms with E-state index in [1.807, 2.05) is 20.9 Å². The van der Waals surface area contributed by atoms with Gasteiger partial charge < -0.3 is 9.84 Å². The molecule has 1 aromatic heterocycles. The zero-order valence-electron chi connectivity index (χ0n) is 9.59. The molecular weight excluding hydrogens is 178 g/mol. The van der Waals surface area contributed by atoms with Crippen LogP contribution < -0.4 is 5.32 Å². The van der Waals surface area contributed by atoms with E-state index in [2.05, 4.69) is 29.3 Å². The van der Waals surface area contributed by atoms with Crippen molar-refractivity contribution in [2.45, 2.75) is 39.7 Å². The van der Waals surface area contributed by atoms with Gasteiger partial charge in [0, 0.05) is 6.42 Å². The molecule has 0 aliphatic rings. The van der Waals surface area contributed by atoms with E-state index in [-0.39, 0.29) is 5.54 Å². The average molecular weight is 197 g/mol. The van der Waals surface area contributed by atoms with E-state index in [1.165, 1.54) is 0 Å². The van der Waals surface area contributed by atoms with Crippen molar-refractivity contribution in [2.24, 2.45) is 5.92 Å². The van der Waals surface area contributed by atoms with Gasteiger partial charge in [-0.1, -0.05) is 19.0 Å². The smallest absolute Gasteiger partial charge is 0.246 e. The molecule has 0 aliphatic heterocycles. The number of hydrogen-bond acceptors (Lipinski definition) is 4. The fraction of sp³-hybridized carbons (Fsp3) is 0.800. The van der Waals surface area contributed by atoms with E-state index in [9.17, 15) is 0 Å². The second-order valence-corrected chi connectivity index (χ2v) is 4.49. The summed E-state index contributed by atoms with van der Waals surface area (Å²) in [6, 6.07) is 0. The molecule has 0 aromatic carbocycles. The van der Waals surface area contributed by atoms with Gasteiger partial charge in [-0.25, -0.2) is 0 Å². The van der Waals surface area contributed by atoms with Crippen molar-refractivity contribution in [2.75, 3.05) is 7.05 Å². The van der Waals surface area contributed by atoms with Crippen LogP contribution in [0.4, 0.5) is 0 Å². The van der Waals surface area contributed by atoms with Gasteiger partial charge in [-0.3, -0.25) is 0 Å². The van der Waals surface area contributed by atoms with Crippen LogP contribution in [0, 0.1) is 5.92 Å². The highest BCUT2D eigenvalue weighted by atomic mass is 16.5. The third-order valence-corrected chi connectivity index (χ3v) is 2.22. The summed E-state index contributed by atoms with van der Waals surface area (Å²) >= 11 is 0. The molecule has 0 atom stereocenters. The Labute approximate surface area is 85.1 Å². The molecule has 0 bridgehead atoms. The van der Waals surface area contributed by atoms with Crippen molar-refractivity contribution >= 4 is 0 Å². The fourth-order valence-electron chi connectivity index (χ4n) is 1.06. The van der Waals surface area contributed by atoms with E-state index in [1.54, 1.807) is 0 Å². The Hall–Kier alpha value is -0.900. The molecule has 0 radical (unpaired) electrons. The van der Waals surface area contributed by atoms with Crippen molar-refractivity contribution in [3.05, 3.63) is 11.7 Å². The van der Waals surface area contributed by atoms with E-state index >= 15 is 0 Å². The summed E-state index contributed by atoms with van der Waals surface area (Å²) in [5.41, 5.74) is -0.248. The molecule has 0 unspecified atom stereocenters. The van der Waals surface area contributed by atoms with E-state index in [4.69, 9.17) is 4.52 Å². The average Bonchev–Trinajstić information content (AvgIpc) is 2.52. The first-order valence-electron chi connectivity index (χ1n) is 4.97. The topological polar surface area (TPSA) is 51.0 Å². The Kier molecular flexibility index (Phi) is 3.26. The van der Waals surface area contributed by atoms with Gasteiger partial charge in [0.1, 0.15) is 0 Å². The van der Waals surface area contributed by atoms with Crippen molar-refractivity contribution in [3.8, 4) is 0 Å². The van der Waals surface area contributed by atoms with Crippen LogP contribution in [0.5, 0.6) is 0 Å². The second kappa shape index (κ2) is 4.09. The lowest BCUT2D eigenvalue weighted by molar-refractivity contribution is 0.279. The number of nitrogens with zero attached hydrogens (tertiary/aromatic N) is 2. The van der Waals surface area contributed by atoms with Gasteiger partial charge in [-0.05, 0) is 26.8 Å². The van der Waals surface area contributed by atoms with Crippen molar-refractivity contribution < 1.29 is 4.52 Å². The molecule has 0 saturated heterocycles. The number of aromatic nitrogens is 2. The Morgan fingerprint density at radius 3 is 2.57 bits per heavy atom. The molecular formula is C10H19N3O. The lowest BCUT2D eigenvalue weighted by Gasteiger charge is -2.17. The van der Waals surface area contributed by atoms with Crippen molar-refractivity contribution in [1.29, 1.82) is 0 Å². The molecule has 14 heavy (non-hydrogen) atoms. The minimum atomic E-state index is -0.248. The van der Waals surface area contributed by atoms with Crippen LogP contribution in [0.15, 0.2) is 4.52 Å². The highest BCUT2D eigenvalue weighted by Crippen LogP contribution is 2.17. The highest BCUT2D eigenvalue weighted by Gasteiger charge is 2.25. The first-order valence-corrected chi connectivity index (χ1v) is 4.97. The molecule has 1 aromatic rings. The van der Waals surface area contributed by atoms with Gasteiger partial charge in [0.2, 0.25) is 5.89 Å². The third kappa shape index (κ3) is 2.54. The summed E-state index contributed by atoms with van der Waals surface area (Å²) in [5, 5.41) is 7.07. The molecule has 1 N–H and O–H groups in total. The predicted molar refractivity (Wildman–Crippen MR) is 54.9 cm³/mol. The highest BCUT2D eigenvalue weighted by molar-refractivity contribution is 4.98. The van der Waals surface area contributed by atoms with Crippen LogP contribution in [-0.4, -0.2) is 17.2 Å². The molecule has 0 saturated carbocycles. The van der Waals surface area contributed by atoms with Gasteiger partial charge in [0.05, 0.1) is 5.54 Å². The zero-order chi connectivity index (χ0) is 10.8. The van der Waals surface area contributed by atoms with Crippen LogP contribution in [-0.2, 0) is 12.0 Å². The molecule has 4 nitrogen and oxygen atoms in total. The van der Waals surface area contributed by atoms with E-state index in [0.717, 1.165) is 12.2 Å². The Morgan fingerprint density at radius 2 is 2.07 bits per heavy atom. The van der Waals surface area contributed by atoms with Crippen molar-refractivity contribution in [1.82, 2.24) is 15.5 Å². The molecule has 0 spiro atoms. The summed E-state index contributed by atoms with van der Waals surface area (Å²) in [6.45, 7) is 8.30. The minimum absolute atomic E-state index is 0.248. The predicted octanol–water partition coefficient (Wildman–Crippen LogP) is 1.72. The standard InChI is InChI=1S/C10H19N3O/c1-7(2)6-8-12-9(14-13-8)10(3,4)11-5/h7,11H,6H2,1-5H3. The molecule has 0 fully saturated rings. The molecule has 1 heterocycles. The van der Waals surface area contributed by atoms with Gasteiger partial charge in [-0.15, -0.1) is 0 Å². The first-order chi connectivity index (χ1) is 6.45. The van der Waals surface area contributed by atoms with Gasteiger partial charge in [0.15, 0.2) is 5.82 Å². The lowest BCUT2D eigenvalue weighted by atomic mass is 10.1. The van der Waals surface area contributed by atoms with E-state index in [0.29, 0.717) is 11.8 Å². The van der Waals surface area contributed by atoms with Crippen molar-refractivity contribution in [3.63, 3.8) is 0 Å². The monoisotopic (exact) mass is 197 g/mol. The maximum atomic E-state index is 5.20. The molecule has 0 aliphatic carbocycles. The largest absolute Gasteiger partial charge is 0.337 e. The number of hydrogen-bond donors (Lipinski definition) is 1. The van der Waals surface area contributed by atoms with E-state index < -0.39 is 0 Å². The summed E-state index contributed by atoms with van der Waals surface area (Å²) in [4.78, 5) is 4.35. The van der Waals surface area contributed by atoms with Gasteiger partial charge in [-0.2, -0.15) is 4.98 Å². The second-order valence-electron chi connectivity index (χ2n) is 4.49. The van der Waals surface area contributed by atoms with Crippen LogP contribution in [0.2, 0.25) is 0 Å². The fourth-order valence-corrected chi connectivity index (χ4v) is 1.06. The molecule has 1 rings (SSSR count). The summed E-state index contributed by atoms with van der Waals surface area (Å²) in [5.74, 6) is 1.99. The minimum Gasteiger partial charge on any atom is -0.337 e. The Balaban J connectivity index is 2.77. The zero-order valence-corrected chi connectivity index (χ0v) is 9.59. The van der Waals surface area contributed by atoms with Crippen LogP contribution in [0.1, 0.15) is 39.4 Å². The third-order valence-electron chi connectivity index (χ3n) is 2.22. The normalized spacial score (nSPS) is 12.4. The maximum absolute atomic E-state index is 5.20. The Morgan fingerprint density at radius 1 is 1.43 bits per heavy atom. The summed E-state index contributed by atoms with van der Waals surface area (Å²) in [6.07, 6.45) is 0.864. The lowest BCUT2D eigenvalue weighted by Crippen LogP contribution is -2.33. The summed E-state index contributed by atoms with van der Waals surface area (Å²) < 4.78 is 5.20. The quantitative estimate of drug-likeness (QED) is 0.798. The van der Waals surface area contributed by atoms with Crippen LogP contribution in [0.25, 0.3) is 0 Å². The molecule has 80 valence electrons.